The average molecular weight is 282 g/mol. The van der Waals surface area contributed by atoms with Crippen molar-refractivity contribution in [1.82, 2.24) is 15.1 Å². The number of primary amides is 1. The smallest absolute Gasteiger partial charge is 0.237 e. The quantitative estimate of drug-likeness (QED) is 0.851. The molecule has 0 radical (unpaired) electrons. The van der Waals surface area contributed by atoms with Crippen LogP contribution in [-0.4, -0.2) is 33.0 Å². The van der Waals surface area contributed by atoms with Gasteiger partial charge in [0, 0.05) is 12.3 Å². The summed E-state index contributed by atoms with van der Waals surface area (Å²) in [6, 6.07) is 2.09. The molecule has 3 N–H and O–H groups in total. The molecule has 19 heavy (non-hydrogen) atoms. The highest BCUT2D eigenvalue weighted by atomic mass is 32.2. The standard InChI is InChI=1S/C13H22N4OS/c1-4-15-13(12(14)18)6-5-10(8-13)19-11-7-9(2)16-17(11)3/h7,10,15H,4-6,8H2,1-3H3,(H2,14,18). The summed E-state index contributed by atoms with van der Waals surface area (Å²) in [7, 11) is 1.95. The SMILES string of the molecule is CCNC1(C(N)=O)CCC(Sc2cc(C)nn2C)C1. The molecule has 5 nitrogen and oxygen atoms in total. The summed E-state index contributed by atoms with van der Waals surface area (Å²) >= 11 is 1.80. The Hall–Kier alpha value is -1.01. The molecule has 6 heteroatoms. The van der Waals surface area contributed by atoms with E-state index in [2.05, 4.69) is 16.5 Å². The monoisotopic (exact) mass is 282 g/mol. The molecule has 0 saturated heterocycles. The third kappa shape index (κ3) is 2.95. The van der Waals surface area contributed by atoms with E-state index in [1.807, 2.05) is 25.6 Å². The van der Waals surface area contributed by atoms with E-state index in [0.29, 0.717) is 5.25 Å². The van der Waals surface area contributed by atoms with E-state index >= 15 is 0 Å². The summed E-state index contributed by atoms with van der Waals surface area (Å²) in [5.41, 5.74) is 6.09. The minimum absolute atomic E-state index is 0.223. The number of hydrogen-bond acceptors (Lipinski definition) is 4. The highest BCUT2D eigenvalue weighted by Crippen LogP contribution is 2.40. The molecule has 1 amide bonds. The van der Waals surface area contributed by atoms with Crippen LogP contribution in [0.5, 0.6) is 0 Å². The lowest BCUT2D eigenvalue weighted by Gasteiger charge is -2.26. The van der Waals surface area contributed by atoms with Crippen molar-refractivity contribution in [2.24, 2.45) is 12.8 Å². The van der Waals surface area contributed by atoms with Gasteiger partial charge in [0.15, 0.2) is 0 Å². The van der Waals surface area contributed by atoms with Gasteiger partial charge in [-0.15, -0.1) is 11.8 Å². The second-order valence-corrected chi connectivity index (χ2v) is 6.53. The Labute approximate surface area is 118 Å². The van der Waals surface area contributed by atoms with Gasteiger partial charge in [-0.05, 0) is 38.8 Å². The molecule has 2 rings (SSSR count). The van der Waals surface area contributed by atoms with Crippen LogP contribution in [0.25, 0.3) is 0 Å². The first-order valence-electron chi connectivity index (χ1n) is 6.69. The lowest BCUT2D eigenvalue weighted by atomic mass is 9.97. The fourth-order valence-corrected chi connectivity index (χ4v) is 4.16. The number of nitrogens with two attached hydrogens (primary N) is 1. The van der Waals surface area contributed by atoms with Crippen molar-refractivity contribution >= 4 is 17.7 Å². The van der Waals surface area contributed by atoms with Crippen molar-refractivity contribution in [2.45, 2.75) is 48.9 Å². The molecular weight excluding hydrogens is 260 g/mol. The molecule has 1 fully saturated rings. The molecule has 1 aromatic heterocycles. The Bertz CT molecular complexity index is 473. The summed E-state index contributed by atoms with van der Waals surface area (Å²) in [5.74, 6) is -0.223. The number of amides is 1. The highest BCUT2D eigenvalue weighted by Gasteiger charge is 2.43. The van der Waals surface area contributed by atoms with Gasteiger partial charge in [-0.3, -0.25) is 9.48 Å². The Morgan fingerprint density at radius 1 is 1.74 bits per heavy atom. The van der Waals surface area contributed by atoms with Crippen LogP contribution in [0, 0.1) is 6.92 Å². The Morgan fingerprint density at radius 3 is 3.00 bits per heavy atom. The first kappa shape index (κ1) is 14.4. The van der Waals surface area contributed by atoms with Gasteiger partial charge in [0.1, 0.15) is 0 Å². The van der Waals surface area contributed by atoms with Crippen molar-refractivity contribution in [3.05, 3.63) is 11.8 Å². The first-order valence-corrected chi connectivity index (χ1v) is 7.57. The van der Waals surface area contributed by atoms with E-state index in [0.717, 1.165) is 36.5 Å². The third-order valence-electron chi connectivity index (χ3n) is 3.70. The second-order valence-electron chi connectivity index (χ2n) is 5.21. The number of carbonyl (C=O) groups excluding carboxylic acids is 1. The molecule has 0 bridgehead atoms. The van der Waals surface area contributed by atoms with Crippen molar-refractivity contribution in [1.29, 1.82) is 0 Å². The van der Waals surface area contributed by atoms with Gasteiger partial charge in [-0.25, -0.2) is 0 Å². The van der Waals surface area contributed by atoms with E-state index in [9.17, 15) is 4.79 Å². The van der Waals surface area contributed by atoms with E-state index in [-0.39, 0.29) is 5.91 Å². The largest absolute Gasteiger partial charge is 0.368 e. The predicted molar refractivity (Wildman–Crippen MR) is 77.0 cm³/mol. The number of likely N-dealkylation sites (N-methyl/N-ethyl adjacent to an activating group) is 1. The molecule has 2 unspecified atom stereocenters. The summed E-state index contributed by atoms with van der Waals surface area (Å²) in [4.78, 5) is 11.7. The highest BCUT2D eigenvalue weighted by molar-refractivity contribution is 7.99. The second kappa shape index (κ2) is 5.54. The van der Waals surface area contributed by atoms with Gasteiger partial charge >= 0.3 is 0 Å². The van der Waals surface area contributed by atoms with Gasteiger partial charge in [-0.2, -0.15) is 5.10 Å². The van der Waals surface area contributed by atoms with E-state index in [1.54, 1.807) is 11.8 Å². The normalized spacial score (nSPS) is 26.8. The van der Waals surface area contributed by atoms with E-state index in [4.69, 9.17) is 5.73 Å². The Morgan fingerprint density at radius 2 is 2.47 bits per heavy atom. The van der Waals surface area contributed by atoms with Crippen LogP contribution in [0.1, 0.15) is 31.9 Å². The molecule has 0 aromatic carbocycles. The van der Waals surface area contributed by atoms with Gasteiger partial charge < -0.3 is 11.1 Å². The van der Waals surface area contributed by atoms with Crippen molar-refractivity contribution in [2.75, 3.05) is 6.54 Å². The van der Waals surface area contributed by atoms with Gasteiger partial charge in [0.2, 0.25) is 5.91 Å². The number of nitrogens with zero attached hydrogens (tertiary/aromatic N) is 2. The van der Waals surface area contributed by atoms with Crippen LogP contribution < -0.4 is 11.1 Å². The fourth-order valence-electron chi connectivity index (χ4n) is 2.78. The number of aryl methyl sites for hydroxylation is 2. The van der Waals surface area contributed by atoms with Crippen LogP contribution >= 0.6 is 11.8 Å². The van der Waals surface area contributed by atoms with Crippen LogP contribution in [0.15, 0.2) is 11.1 Å². The lowest BCUT2D eigenvalue weighted by molar-refractivity contribution is -0.124. The zero-order chi connectivity index (χ0) is 14.0. The molecule has 0 aliphatic heterocycles. The number of thioether (sulfide) groups is 1. The van der Waals surface area contributed by atoms with E-state index < -0.39 is 5.54 Å². The van der Waals surface area contributed by atoms with Gasteiger partial charge in [0.05, 0.1) is 16.3 Å². The van der Waals surface area contributed by atoms with Crippen molar-refractivity contribution in [3.63, 3.8) is 0 Å². The van der Waals surface area contributed by atoms with Crippen molar-refractivity contribution in [3.8, 4) is 0 Å². The van der Waals surface area contributed by atoms with Crippen molar-refractivity contribution < 1.29 is 4.79 Å². The Balaban J connectivity index is 2.05. The first-order chi connectivity index (χ1) is 8.97. The fraction of sp³-hybridized carbons (Fsp3) is 0.692. The van der Waals surface area contributed by atoms with Crippen LogP contribution in [-0.2, 0) is 11.8 Å². The molecule has 1 heterocycles. The minimum atomic E-state index is -0.514. The number of rotatable bonds is 5. The molecule has 2 atom stereocenters. The minimum Gasteiger partial charge on any atom is -0.368 e. The summed E-state index contributed by atoms with van der Waals surface area (Å²) in [6.07, 6.45) is 2.63. The third-order valence-corrected chi connectivity index (χ3v) is 5.06. The molecule has 1 aliphatic rings. The maximum Gasteiger partial charge on any atom is 0.237 e. The summed E-state index contributed by atoms with van der Waals surface area (Å²) in [6.45, 7) is 4.77. The molecular formula is C13H22N4OS. The lowest BCUT2D eigenvalue weighted by Crippen LogP contribution is -2.53. The number of carbonyl (C=O) groups is 1. The van der Waals surface area contributed by atoms with Gasteiger partial charge in [0.25, 0.3) is 0 Å². The molecule has 0 spiro atoms. The molecule has 1 aromatic rings. The molecule has 1 saturated carbocycles. The topological polar surface area (TPSA) is 72.9 Å². The van der Waals surface area contributed by atoms with Crippen LogP contribution in [0.4, 0.5) is 0 Å². The average Bonchev–Trinajstić information content (AvgIpc) is 2.86. The Kier molecular flexibility index (Phi) is 4.20. The summed E-state index contributed by atoms with van der Waals surface area (Å²) < 4.78 is 1.90. The zero-order valence-electron chi connectivity index (χ0n) is 11.8. The van der Waals surface area contributed by atoms with Crippen LogP contribution in [0.3, 0.4) is 0 Å². The van der Waals surface area contributed by atoms with Crippen LogP contribution in [0.2, 0.25) is 0 Å². The number of hydrogen-bond donors (Lipinski definition) is 2. The molecule has 106 valence electrons. The zero-order valence-corrected chi connectivity index (χ0v) is 12.6. The number of aromatic nitrogens is 2. The summed E-state index contributed by atoms with van der Waals surface area (Å²) in [5, 5.41) is 9.20. The predicted octanol–water partition coefficient (Wildman–Crippen LogP) is 1.21. The maximum atomic E-state index is 11.7. The number of nitrogens with one attached hydrogen (secondary N) is 1. The van der Waals surface area contributed by atoms with E-state index in [1.165, 1.54) is 0 Å². The van der Waals surface area contributed by atoms with Gasteiger partial charge in [-0.1, -0.05) is 6.92 Å². The molecule has 1 aliphatic carbocycles. The maximum absolute atomic E-state index is 11.7.